The molecule has 1 aliphatic heterocycles. The molecule has 0 unspecified atom stereocenters. The number of benzene rings is 1. The minimum atomic E-state index is -3.42. The van der Waals surface area contributed by atoms with Gasteiger partial charge in [0.15, 0.2) is 0 Å². The number of fused-ring (bicyclic) bond motifs is 1. The zero-order valence-electron chi connectivity index (χ0n) is 10.2. The summed E-state index contributed by atoms with van der Waals surface area (Å²) in [4.78, 5) is 0.372. The highest BCUT2D eigenvalue weighted by Gasteiger charge is 2.32. The Balaban J connectivity index is 1.94. The van der Waals surface area contributed by atoms with Gasteiger partial charge in [-0.15, -0.1) is 0 Å². The number of hydrogen-bond donors (Lipinski definition) is 1. The predicted molar refractivity (Wildman–Crippen MR) is 67.8 cm³/mol. The molecule has 5 heteroatoms. The lowest BCUT2D eigenvalue weighted by atomic mass is 10.1. The van der Waals surface area contributed by atoms with E-state index in [1.165, 1.54) is 9.87 Å². The van der Waals surface area contributed by atoms with Crippen LogP contribution in [-0.2, 0) is 22.9 Å². The van der Waals surface area contributed by atoms with Crippen LogP contribution in [0.15, 0.2) is 23.1 Å². The first-order valence-electron chi connectivity index (χ1n) is 6.37. The van der Waals surface area contributed by atoms with Crippen molar-refractivity contribution in [3.63, 3.8) is 0 Å². The molecule has 0 spiro atoms. The molecular formula is C13H17NO3S. The van der Waals surface area contributed by atoms with Gasteiger partial charge in [0, 0.05) is 13.1 Å². The Morgan fingerprint density at radius 3 is 2.72 bits per heavy atom. The molecule has 1 atom stereocenters. The Morgan fingerprint density at radius 1 is 1.22 bits per heavy atom. The summed E-state index contributed by atoms with van der Waals surface area (Å²) < 4.78 is 26.2. The molecule has 0 aromatic heterocycles. The lowest BCUT2D eigenvalue weighted by Crippen LogP contribution is -2.29. The van der Waals surface area contributed by atoms with Crippen LogP contribution < -0.4 is 0 Å². The van der Waals surface area contributed by atoms with E-state index in [-0.39, 0.29) is 6.54 Å². The van der Waals surface area contributed by atoms with Gasteiger partial charge in [-0.05, 0) is 48.9 Å². The zero-order chi connectivity index (χ0) is 12.8. The third-order valence-corrected chi connectivity index (χ3v) is 5.69. The van der Waals surface area contributed by atoms with E-state index in [1.807, 2.05) is 12.1 Å². The first kappa shape index (κ1) is 12.1. The second kappa shape index (κ2) is 4.33. The fourth-order valence-electron chi connectivity index (χ4n) is 2.79. The molecule has 0 bridgehead atoms. The number of hydrogen-bond acceptors (Lipinski definition) is 3. The molecule has 1 aliphatic carbocycles. The molecule has 3 rings (SSSR count). The number of sulfonamides is 1. The normalized spacial score (nSPS) is 24.4. The summed E-state index contributed by atoms with van der Waals surface area (Å²) in [6.45, 7) is 0.639. The number of aliphatic hydroxyl groups is 1. The van der Waals surface area contributed by atoms with Crippen molar-refractivity contribution in [3.05, 3.63) is 29.3 Å². The largest absolute Gasteiger partial charge is 0.392 e. The third kappa shape index (κ3) is 1.96. The topological polar surface area (TPSA) is 57.6 Å². The molecule has 1 aromatic carbocycles. The van der Waals surface area contributed by atoms with E-state index in [0.717, 1.165) is 24.8 Å². The number of β-amino-alcohol motifs (C(OH)–C–C–N with tert-alkyl or cyclic N) is 1. The molecule has 1 fully saturated rings. The first-order chi connectivity index (χ1) is 8.57. The summed E-state index contributed by atoms with van der Waals surface area (Å²) in [5.74, 6) is 0. The lowest BCUT2D eigenvalue weighted by Gasteiger charge is -2.16. The summed E-state index contributed by atoms with van der Waals surface area (Å²) in [6, 6.07) is 5.44. The molecule has 1 N–H and O–H groups in total. The van der Waals surface area contributed by atoms with Crippen molar-refractivity contribution < 1.29 is 13.5 Å². The molecule has 2 aliphatic rings. The van der Waals surface area contributed by atoms with Crippen LogP contribution in [0, 0.1) is 0 Å². The highest BCUT2D eigenvalue weighted by molar-refractivity contribution is 7.89. The van der Waals surface area contributed by atoms with Crippen LogP contribution >= 0.6 is 0 Å². The van der Waals surface area contributed by atoms with Crippen molar-refractivity contribution in [1.82, 2.24) is 4.31 Å². The molecule has 4 nitrogen and oxygen atoms in total. The van der Waals surface area contributed by atoms with Crippen LogP contribution in [0.2, 0.25) is 0 Å². The summed E-state index contributed by atoms with van der Waals surface area (Å²) in [7, 11) is -3.42. The SMILES string of the molecule is O=S(=O)(c1ccc2c(c1)CCC2)N1CC[C@H](O)C1. The maximum absolute atomic E-state index is 12.4. The highest BCUT2D eigenvalue weighted by Crippen LogP contribution is 2.27. The smallest absolute Gasteiger partial charge is 0.243 e. The van der Waals surface area contributed by atoms with E-state index >= 15 is 0 Å². The Hall–Kier alpha value is -0.910. The molecule has 1 aromatic rings. The van der Waals surface area contributed by atoms with Crippen LogP contribution in [0.5, 0.6) is 0 Å². The summed E-state index contributed by atoms with van der Waals surface area (Å²) in [5.41, 5.74) is 2.44. The van der Waals surface area contributed by atoms with Crippen molar-refractivity contribution in [2.45, 2.75) is 36.7 Å². The molecule has 0 radical (unpaired) electrons. The Bertz CT molecular complexity index is 568. The number of nitrogens with zero attached hydrogens (tertiary/aromatic N) is 1. The Morgan fingerprint density at radius 2 is 2.00 bits per heavy atom. The van der Waals surface area contributed by atoms with Crippen molar-refractivity contribution in [1.29, 1.82) is 0 Å². The van der Waals surface area contributed by atoms with Crippen LogP contribution in [0.1, 0.15) is 24.0 Å². The van der Waals surface area contributed by atoms with Gasteiger partial charge in [-0.1, -0.05) is 6.07 Å². The van der Waals surface area contributed by atoms with E-state index in [9.17, 15) is 13.5 Å². The minimum absolute atomic E-state index is 0.222. The van der Waals surface area contributed by atoms with Gasteiger partial charge in [-0.2, -0.15) is 4.31 Å². The quantitative estimate of drug-likeness (QED) is 0.867. The average Bonchev–Trinajstić information content (AvgIpc) is 2.96. The van der Waals surface area contributed by atoms with Crippen molar-refractivity contribution in [2.75, 3.05) is 13.1 Å². The van der Waals surface area contributed by atoms with Crippen LogP contribution in [0.25, 0.3) is 0 Å². The summed E-state index contributed by atoms with van der Waals surface area (Å²) in [5, 5.41) is 9.46. The van der Waals surface area contributed by atoms with Gasteiger partial charge in [0.05, 0.1) is 11.0 Å². The van der Waals surface area contributed by atoms with Gasteiger partial charge in [0.1, 0.15) is 0 Å². The molecule has 0 saturated carbocycles. The van der Waals surface area contributed by atoms with Gasteiger partial charge in [0.2, 0.25) is 10.0 Å². The highest BCUT2D eigenvalue weighted by atomic mass is 32.2. The van der Waals surface area contributed by atoms with Gasteiger partial charge in [-0.25, -0.2) is 8.42 Å². The number of aryl methyl sites for hydroxylation is 2. The second-order valence-electron chi connectivity index (χ2n) is 5.09. The van der Waals surface area contributed by atoms with Gasteiger partial charge in [0.25, 0.3) is 0 Å². The van der Waals surface area contributed by atoms with Crippen LogP contribution in [-0.4, -0.2) is 37.0 Å². The van der Waals surface area contributed by atoms with Crippen LogP contribution in [0.4, 0.5) is 0 Å². The summed E-state index contributed by atoms with van der Waals surface area (Å²) >= 11 is 0. The maximum atomic E-state index is 12.4. The van der Waals surface area contributed by atoms with E-state index in [1.54, 1.807) is 6.07 Å². The maximum Gasteiger partial charge on any atom is 0.243 e. The number of rotatable bonds is 2. The van der Waals surface area contributed by atoms with Crippen molar-refractivity contribution >= 4 is 10.0 Å². The molecular weight excluding hydrogens is 250 g/mol. The standard InChI is InChI=1S/C13H17NO3S/c15-12-6-7-14(9-12)18(16,17)13-5-4-10-2-1-3-11(10)8-13/h4-5,8,12,15H,1-3,6-7,9H2/t12-/m0/s1. The van der Waals surface area contributed by atoms with E-state index < -0.39 is 16.1 Å². The molecule has 0 amide bonds. The third-order valence-electron chi connectivity index (χ3n) is 3.83. The average molecular weight is 267 g/mol. The predicted octanol–water partition coefficient (Wildman–Crippen LogP) is 0.931. The van der Waals surface area contributed by atoms with Gasteiger partial charge < -0.3 is 5.11 Å². The van der Waals surface area contributed by atoms with Crippen molar-refractivity contribution in [3.8, 4) is 0 Å². The first-order valence-corrected chi connectivity index (χ1v) is 7.81. The molecule has 18 heavy (non-hydrogen) atoms. The van der Waals surface area contributed by atoms with Gasteiger partial charge in [-0.3, -0.25) is 0 Å². The Kier molecular flexibility index (Phi) is 2.92. The zero-order valence-corrected chi connectivity index (χ0v) is 11.0. The molecule has 1 heterocycles. The lowest BCUT2D eigenvalue weighted by molar-refractivity contribution is 0.189. The van der Waals surface area contributed by atoms with E-state index in [4.69, 9.17) is 0 Å². The monoisotopic (exact) mass is 267 g/mol. The molecule has 98 valence electrons. The minimum Gasteiger partial charge on any atom is -0.392 e. The second-order valence-corrected chi connectivity index (χ2v) is 7.03. The van der Waals surface area contributed by atoms with E-state index in [2.05, 4.69) is 0 Å². The van der Waals surface area contributed by atoms with E-state index in [0.29, 0.717) is 17.9 Å². The summed E-state index contributed by atoms with van der Waals surface area (Å²) in [6.07, 6.45) is 3.15. The fraction of sp³-hybridized carbons (Fsp3) is 0.538. The van der Waals surface area contributed by atoms with Crippen LogP contribution in [0.3, 0.4) is 0 Å². The fourth-order valence-corrected chi connectivity index (χ4v) is 4.33. The van der Waals surface area contributed by atoms with Gasteiger partial charge >= 0.3 is 0 Å². The van der Waals surface area contributed by atoms with Crippen molar-refractivity contribution in [2.24, 2.45) is 0 Å². The Labute approximate surface area is 107 Å². The number of aliphatic hydroxyl groups excluding tert-OH is 1. The molecule has 1 saturated heterocycles.